The van der Waals surface area contributed by atoms with E-state index in [0.717, 1.165) is 11.1 Å². The van der Waals surface area contributed by atoms with Gasteiger partial charge in [-0.2, -0.15) is 5.10 Å². The second-order valence-corrected chi connectivity index (χ2v) is 10.2. The Morgan fingerprint density at radius 2 is 1.91 bits per heavy atom. The van der Waals surface area contributed by atoms with E-state index < -0.39 is 32.7 Å². The molecule has 0 saturated carbocycles. The molecule has 0 bridgehead atoms. The number of nitrogens with one attached hydrogen (secondary N) is 2. The molecule has 1 aliphatic heterocycles. The Hall–Kier alpha value is -3.24. The molecule has 3 aromatic rings. The van der Waals surface area contributed by atoms with E-state index in [1.54, 1.807) is 56.6 Å². The van der Waals surface area contributed by atoms with Gasteiger partial charge in [0.2, 0.25) is 10.0 Å². The lowest BCUT2D eigenvalue weighted by atomic mass is 9.96. The summed E-state index contributed by atoms with van der Waals surface area (Å²) in [5.74, 6) is -0.436. The predicted molar refractivity (Wildman–Crippen MR) is 124 cm³/mol. The first-order chi connectivity index (χ1) is 15.7. The van der Waals surface area contributed by atoms with Crippen LogP contribution in [-0.4, -0.2) is 36.8 Å². The number of hydrogen-bond donors (Lipinski definition) is 3. The first kappa shape index (κ1) is 22.9. The van der Waals surface area contributed by atoms with Crippen LogP contribution in [0.1, 0.15) is 42.7 Å². The normalized spacial score (nSPS) is 21.2. The zero-order valence-electron chi connectivity index (χ0n) is 18.3. The molecule has 2 atom stereocenters. The summed E-state index contributed by atoms with van der Waals surface area (Å²) in [4.78, 5) is 4.40. The molecule has 4 rings (SSSR count). The standard InChI is InChI=1S/C23H26FN5O3S/c1-23(2)21(16-9-7-15(8-10-16)17-13-26-27-14-17)33(30,31)29-22(32-23)28-20(11-12-25)18-5-3-4-6-19(18)24/h3-10,13-14,20-21H,11-12,25H2,1-2H3,(H,26,27)(H,28,29)/t20-,21?/m0/s1. The molecule has 0 radical (unpaired) electrons. The Morgan fingerprint density at radius 3 is 2.52 bits per heavy atom. The minimum atomic E-state index is -3.90. The molecule has 4 N–H and O–H groups in total. The van der Waals surface area contributed by atoms with Gasteiger partial charge in [-0.15, -0.1) is 0 Å². The Balaban J connectivity index is 1.64. The van der Waals surface area contributed by atoms with Gasteiger partial charge in [-0.1, -0.05) is 42.5 Å². The number of nitrogens with zero attached hydrogens (tertiary/aromatic N) is 2. The van der Waals surface area contributed by atoms with Crippen LogP contribution in [0.3, 0.4) is 0 Å². The molecule has 1 saturated heterocycles. The number of halogens is 1. The van der Waals surface area contributed by atoms with E-state index in [2.05, 4.69) is 19.9 Å². The molecule has 1 aromatic heterocycles. The summed E-state index contributed by atoms with van der Waals surface area (Å²) >= 11 is 0. The molecule has 10 heteroatoms. The smallest absolute Gasteiger partial charge is 0.299 e. The third-order valence-electron chi connectivity index (χ3n) is 5.55. The topological polar surface area (TPSA) is 122 Å². The Kier molecular flexibility index (Phi) is 6.22. The van der Waals surface area contributed by atoms with Gasteiger partial charge in [-0.05, 0) is 44.0 Å². The van der Waals surface area contributed by atoms with Crippen molar-refractivity contribution in [1.29, 1.82) is 0 Å². The molecular formula is C23H26FN5O3S. The number of rotatable bonds is 6. The van der Waals surface area contributed by atoms with Gasteiger partial charge in [0.15, 0.2) is 0 Å². The third-order valence-corrected chi connectivity index (χ3v) is 7.47. The van der Waals surface area contributed by atoms with Crippen LogP contribution in [0.5, 0.6) is 0 Å². The quantitative estimate of drug-likeness (QED) is 0.508. The van der Waals surface area contributed by atoms with E-state index >= 15 is 0 Å². The highest BCUT2D eigenvalue weighted by molar-refractivity contribution is 7.90. The summed E-state index contributed by atoms with van der Waals surface area (Å²) in [6.07, 6.45) is 3.78. The molecule has 174 valence electrons. The number of aromatic nitrogens is 2. The lowest BCUT2D eigenvalue weighted by Crippen LogP contribution is -2.53. The highest BCUT2D eigenvalue weighted by atomic mass is 32.2. The fraction of sp³-hybridized carbons (Fsp3) is 0.304. The monoisotopic (exact) mass is 471 g/mol. The average molecular weight is 472 g/mol. The van der Waals surface area contributed by atoms with Gasteiger partial charge in [0, 0.05) is 17.3 Å². The Labute approximate surface area is 192 Å². The summed E-state index contributed by atoms with van der Waals surface area (Å²) in [5, 5.41) is 5.71. The number of nitrogens with two attached hydrogens (primary N) is 1. The fourth-order valence-electron chi connectivity index (χ4n) is 4.10. The van der Waals surface area contributed by atoms with Gasteiger partial charge in [0.25, 0.3) is 6.02 Å². The van der Waals surface area contributed by atoms with Gasteiger partial charge >= 0.3 is 0 Å². The number of hydrogen-bond acceptors (Lipinski definition) is 6. The number of aromatic amines is 1. The third kappa shape index (κ3) is 4.76. The largest absolute Gasteiger partial charge is 0.457 e. The van der Waals surface area contributed by atoms with Crippen molar-refractivity contribution in [2.45, 2.75) is 37.2 Å². The number of ether oxygens (including phenoxy) is 1. The van der Waals surface area contributed by atoms with Gasteiger partial charge < -0.3 is 10.5 Å². The van der Waals surface area contributed by atoms with E-state index in [0.29, 0.717) is 17.5 Å². The van der Waals surface area contributed by atoms with Gasteiger partial charge in [-0.25, -0.2) is 22.5 Å². The van der Waals surface area contributed by atoms with Crippen LogP contribution in [0.4, 0.5) is 4.39 Å². The lowest BCUT2D eigenvalue weighted by molar-refractivity contribution is 0.0760. The number of H-pyrrole nitrogens is 1. The molecule has 33 heavy (non-hydrogen) atoms. The zero-order valence-corrected chi connectivity index (χ0v) is 19.1. The van der Waals surface area contributed by atoms with Crippen LogP contribution in [-0.2, 0) is 14.8 Å². The van der Waals surface area contributed by atoms with Gasteiger partial charge in [-0.3, -0.25) is 5.10 Å². The fourth-order valence-corrected chi connectivity index (χ4v) is 5.87. The molecule has 0 amide bonds. The summed E-state index contributed by atoms with van der Waals surface area (Å²) in [7, 11) is -3.90. The van der Waals surface area contributed by atoms with Crippen molar-refractivity contribution in [3.05, 3.63) is 77.9 Å². The van der Waals surface area contributed by atoms with Crippen molar-refractivity contribution >= 4 is 16.0 Å². The van der Waals surface area contributed by atoms with Crippen LogP contribution in [0, 0.1) is 5.82 Å². The second kappa shape index (κ2) is 8.95. The second-order valence-electron chi connectivity index (χ2n) is 8.39. The number of aliphatic imine (C=N–C) groups is 1. The van der Waals surface area contributed by atoms with E-state index in [1.807, 2.05) is 12.1 Å². The van der Waals surface area contributed by atoms with E-state index in [4.69, 9.17) is 10.5 Å². The SMILES string of the molecule is CC1(C)OC(=N[C@@H](CCN)c2ccccc2F)NS(=O)(=O)C1c1ccc(-c2cn[nH]c2)cc1. The van der Waals surface area contributed by atoms with Crippen molar-refractivity contribution < 1.29 is 17.5 Å². The molecule has 8 nitrogen and oxygen atoms in total. The van der Waals surface area contributed by atoms with Crippen molar-refractivity contribution in [2.24, 2.45) is 10.7 Å². The summed E-state index contributed by atoms with van der Waals surface area (Å²) < 4.78 is 49.3. The molecule has 0 aliphatic carbocycles. The number of benzene rings is 2. The first-order valence-electron chi connectivity index (χ1n) is 10.5. The highest BCUT2D eigenvalue weighted by Crippen LogP contribution is 2.39. The summed E-state index contributed by atoms with van der Waals surface area (Å²) in [6.45, 7) is 3.63. The maximum absolute atomic E-state index is 14.3. The predicted octanol–water partition coefficient (Wildman–Crippen LogP) is 3.43. The number of amidine groups is 1. The molecular weight excluding hydrogens is 445 g/mol. The van der Waals surface area contributed by atoms with Crippen LogP contribution < -0.4 is 10.5 Å². The summed E-state index contributed by atoms with van der Waals surface area (Å²) in [5.41, 5.74) is 7.27. The molecule has 1 aliphatic rings. The first-order valence-corrected chi connectivity index (χ1v) is 12.1. The lowest BCUT2D eigenvalue weighted by Gasteiger charge is -2.39. The molecule has 0 spiro atoms. The van der Waals surface area contributed by atoms with Crippen molar-refractivity contribution in [1.82, 2.24) is 14.9 Å². The van der Waals surface area contributed by atoms with Crippen LogP contribution in [0.15, 0.2) is 65.9 Å². The minimum absolute atomic E-state index is 0.173. The van der Waals surface area contributed by atoms with Crippen molar-refractivity contribution in [2.75, 3.05) is 6.54 Å². The van der Waals surface area contributed by atoms with E-state index in [-0.39, 0.29) is 12.6 Å². The van der Waals surface area contributed by atoms with Crippen LogP contribution >= 0.6 is 0 Å². The minimum Gasteiger partial charge on any atom is -0.457 e. The average Bonchev–Trinajstić information content (AvgIpc) is 3.27. The zero-order chi connectivity index (χ0) is 23.6. The molecule has 1 fully saturated rings. The summed E-state index contributed by atoms with van der Waals surface area (Å²) in [6, 6.07) is 12.5. The maximum atomic E-state index is 14.3. The van der Waals surface area contributed by atoms with Crippen molar-refractivity contribution in [3.63, 3.8) is 0 Å². The van der Waals surface area contributed by atoms with Gasteiger partial charge in [0.1, 0.15) is 16.7 Å². The molecule has 2 heterocycles. The van der Waals surface area contributed by atoms with E-state index in [9.17, 15) is 12.8 Å². The molecule has 1 unspecified atom stereocenters. The molecule has 2 aromatic carbocycles. The Morgan fingerprint density at radius 1 is 1.18 bits per heavy atom. The Bertz CT molecular complexity index is 1240. The van der Waals surface area contributed by atoms with Gasteiger partial charge in [0.05, 0.1) is 12.2 Å². The van der Waals surface area contributed by atoms with Crippen molar-refractivity contribution in [3.8, 4) is 11.1 Å². The number of sulfonamides is 1. The van der Waals surface area contributed by atoms with Crippen LogP contribution in [0.25, 0.3) is 11.1 Å². The van der Waals surface area contributed by atoms with Crippen LogP contribution in [0.2, 0.25) is 0 Å². The maximum Gasteiger partial charge on any atom is 0.299 e. The highest BCUT2D eigenvalue weighted by Gasteiger charge is 2.48. The van der Waals surface area contributed by atoms with E-state index in [1.165, 1.54) is 6.07 Å².